The van der Waals surface area contributed by atoms with Gasteiger partial charge in [-0.1, -0.05) is 73.9 Å². The van der Waals surface area contributed by atoms with Gasteiger partial charge in [-0.3, -0.25) is 0 Å². The summed E-state index contributed by atoms with van der Waals surface area (Å²) in [6.07, 6.45) is 16.2. The van der Waals surface area contributed by atoms with Gasteiger partial charge in [-0.25, -0.2) is 4.58 Å². The molecule has 40 heavy (non-hydrogen) atoms. The number of hydrogen-bond donors (Lipinski definition) is 1. The Hall–Kier alpha value is -3.33. The monoisotopic (exact) mass is 534 g/mol. The van der Waals surface area contributed by atoms with Gasteiger partial charge in [0.05, 0.1) is 0 Å². The van der Waals surface area contributed by atoms with Crippen LogP contribution in [0.1, 0.15) is 76.8 Å². The Bertz CT molecular complexity index is 1330. The fourth-order valence-electron chi connectivity index (χ4n) is 6.84. The maximum atomic E-state index is 3.93. The van der Waals surface area contributed by atoms with E-state index in [1.165, 1.54) is 71.1 Å². The summed E-state index contributed by atoms with van der Waals surface area (Å²) >= 11 is 0. The zero-order chi connectivity index (χ0) is 27.9. The third kappa shape index (κ3) is 6.04. The number of nitrogens with one attached hydrogen (secondary N) is 1. The molecule has 0 saturated heterocycles. The highest BCUT2D eigenvalue weighted by atomic mass is 15.1. The number of allylic oxidation sites excluding steroid dienone is 4. The molecule has 3 aromatic rings. The second kappa shape index (κ2) is 13.4. The van der Waals surface area contributed by atoms with Crippen molar-refractivity contribution in [3.05, 3.63) is 96.1 Å². The molecule has 3 nitrogen and oxygen atoms in total. The summed E-state index contributed by atoms with van der Waals surface area (Å²) in [5.74, 6) is 0.532. The maximum Gasteiger partial charge on any atom is 0.199 e. The van der Waals surface area contributed by atoms with Crippen molar-refractivity contribution in [2.75, 3.05) is 36.4 Å². The number of hydrogen-bond acceptors (Lipinski definition) is 2. The molecule has 1 N–H and O–H groups in total. The molecular formula is C37H48N3+. The first-order chi connectivity index (χ1) is 19.7. The quantitative estimate of drug-likeness (QED) is 0.262. The van der Waals surface area contributed by atoms with Crippen molar-refractivity contribution in [3.8, 4) is 0 Å². The molecule has 5 rings (SSSR count). The van der Waals surface area contributed by atoms with E-state index in [-0.39, 0.29) is 5.92 Å². The van der Waals surface area contributed by atoms with Crippen molar-refractivity contribution in [3.63, 3.8) is 0 Å². The van der Waals surface area contributed by atoms with Crippen LogP contribution in [-0.2, 0) is 0 Å². The summed E-state index contributed by atoms with van der Waals surface area (Å²) in [6, 6.07) is 23.8. The largest absolute Gasteiger partial charge is 0.382 e. The third-order valence-electron chi connectivity index (χ3n) is 9.13. The van der Waals surface area contributed by atoms with Gasteiger partial charge in [-0.2, -0.15) is 0 Å². The minimum Gasteiger partial charge on any atom is -0.382 e. The van der Waals surface area contributed by atoms with Crippen LogP contribution in [0.15, 0.2) is 85.0 Å². The topological polar surface area (TPSA) is 18.3 Å². The van der Waals surface area contributed by atoms with Crippen molar-refractivity contribution in [1.82, 2.24) is 0 Å². The van der Waals surface area contributed by atoms with E-state index in [1.807, 2.05) is 0 Å². The highest BCUT2D eigenvalue weighted by Crippen LogP contribution is 2.41. The van der Waals surface area contributed by atoms with Gasteiger partial charge < -0.3 is 10.2 Å². The SMILES string of the molecule is CCN(CC)c1ccc(C(c2ccc(NC3CCCCC3)c3ccccc23)C2C=CC(=[N+](CC)CC)C=C2)cc1. The molecule has 0 aliphatic heterocycles. The lowest BCUT2D eigenvalue weighted by atomic mass is 9.77. The van der Waals surface area contributed by atoms with Crippen LogP contribution in [0.2, 0.25) is 0 Å². The molecule has 1 fully saturated rings. The first-order valence-electron chi connectivity index (χ1n) is 15.8. The van der Waals surface area contributed by atoms with E-state index in [4.69, 9.17) is 0 Å². The smallest absolute Gasteiger partial charge is 0.199 e. The molecule has 210 valence electrons. The number of nitrogens with zero attached hydrogens (tertiary/aromatic N) is 2. The average molecular weight is 535 g/mol. The Morgan fingerprint density at radius 2 is 1.43 bits per heavy atom. The van der Waals surface area contributed by atoms with Crippen LogP contribution in [-0.4, -0.2) is 42.5 Å². The van der Waals surface area contributed by atoms with Crippen molar-refractivity contribution in [2.45, 2.75) is 71.8 Å². The summed E-state index contributed by atoms with van der Waals surface area (Å²) in [4.78, 5) is 2.42. The number of fused-ring (bicyclic) bond motifs is 1. The standard InChI is InChI=1S/C37H48N3/c1-5-39(6-2)31-22-18-28(19-23-31)37(29-20-24-32(25-21-29)40(7-3)8-4)35-26-27-36(34-17-13-12-16-33(34)35)38-30-14-10-9-11-15-30/h12-13,16-28,30,37-38H,5-11,14-15H2,1-4H3/q+1. The molecule has 1 unspecified atom stereocenters. The Morgan fingerprint density at radius 3 is 2.05 bits per heavy atom. The van der Waals surface area contributed by atoms with Crippen molar-refractivity contribution < 1.29 is 4.58 Å². The van der Waals surface area contributed by atoms with Crippen LogP contribution in [0.4, 0.5) is 11.4 Å². The number of benzene rings is 3. The van der Waals surface area contributed by atoms with Crippen LogP contribution in [0.25, 0.3) is 10.8 Å². The zero-order valence-electron chi connectivity index (χ0n) is 25.1. The average Bonchev–Trinajstić information content (AvgIpc) is 3.01. The first-order valence-corrected chi connectivity index (χ1v) is 15.8. The van der Waals surface area contributed by atoms with E-state index in [2.05, 4.69) is 127 Å². The molecule has 3 heteroatoms. The molecule has 0 heterocycles. The lowest BCUT2D eigenvalue weighted by Crippen LogP contribution is -2.23. The fourth-order valence-corrected chi connectivity index (χ4v) is 6.84. The van der Waals surface area contributed by atoms with Gasteiger partial charge in [-0.05, 0) is 75.2 Å². The molecule has 1 atom stereocenters. The van der Waals surface area contributed by atoms with Gasteiger partial charge in [-0.15, -0.1) is 0 Å². The molecule has 0 aromatic heterocycles. The summed E-state index contributed by atoms with van der Waals surface area (Å²) < 4.78 is 2.43. The van der Waals surface area contributed by atoms with Gasteiger partial charge >= 0.3 is 0 Å². The van der Waals surface area contributed by atoms with Crippen molar-refractivity contribution in [1.29, 1.82) is 0 Å². The maximum absolute atomic E-state index is 3.93. The van der Waals surface area contributed by atoms with Crippen LogP contribution >= 0.6 is 0 Å². The van der Waals surface area contributed by atoms with E-state index in [9.17, 15) is 0 Å². The highest BCUT2D eigenvalue weighted by Gasteiger charge is 2.27. The van der Waals surface area contributed by atoms with Gasteiger partial charge in [0.25, 0.3) is 0 Å². The normalized spacial score (nSPS) is 18.2. The van der Waals surface area contributed by atoms with Crippen LogP contribution in [0, 0.1) is 5.92 Å². The summed E-state index contributed by atoms with van der Waals surface area (Å²) in [5.41, 5.74) is 6.68. The van der Waals surface area contributed by atoms with Crippen molar-refractivity contribution in [2.24, 2.45) is 5.92 Å². The third-order valence-corrected chi connectivity index (χ3v) is 9.13. The Kier molecular flexibility index (Phi) is 9.41. The molecular weight excluding hydrogens is 486 g/mol. The first kappa shape index (κ1) is 28.2. The van der Waals surface area contributed by atoms with Gasteiger partial charge in [0.2, 0.25) is 0 Å². The molecule has 0 spiro atoms. The van der Waals surface area contributed by atoms with Crippen LogP contribution in [0.3, 0.4) is 0 Å². The Labute approximate surface area is 242 Å². The summed E-state index contributed by atoms with van der Waals surface area (Å²) in [5, 5.41) is 6.64. The van der Waals surface area contributed by atoms with E-state index in [1.54, 1.807) is 0 Å². The lowest BCUT2D eigenvalue weighted by Gasteiger charge is -2.29. The molecule has 1 saturated carbocycles. The molecule has 0 bridgehead atoms. The molecule has 2 aliphatic carbocycles. The number of rotatable bonds is 10. The van der Waals surface area contributed by atoms with E-state index >= 15 is 0 Å². The predicted molar refractivity (Wildman–Crippen MR) is 174 cm³/mol. The summed E-state index contributed by atoms with van der Waals surface area (Å²) in [7, 11) is 0. The van der Waals surface area contributed by atoms with Gasteiger partial charge in [0.15, 0.2) is 5.71 Å². The van der Waals surface area contributed by atoms with Crippen LogP contribution in [0.5, 0.6) is 0 Å². The zero-order valence-corrected chi connectivity index (χ0v) is 25.1. The second-order valence-electron chi connectivity index (χ2n) is 11.4. The second-order valence-corrected chi connectivity index (χ2v) is 11.4. The lowest BCUT2D eigenvalue weighted by molar-refractivity contribution is -0.519. The Balaban J connectivity index is 1.58. The summed E-state index contributed by atoms with van der Waals surface area (Å²) in [6.45, 7) is 13.0. The van der Waals surface area contributed by atoms with Crippen molar-refractivity contribution >= 4 is 27.9 Å². The minimum absolute atomic E-state index is 0.241. The van der Waals surface area contributed by atoms with E-state index in [0.29, 0.717) is 12.0 Å². The number of anilines is 2. The predicted octanol–water partition coefficient (Wildman–Crippen LogP) is 8.80. The van der Waals surface area contributed by atoms with Gasteiger partial charge in [0.1, 0.15) is 13.1 Å². The molecule has 0 amide bonds. The van der Waals surface area contributed by atoms with E-state index < -0.39 is 0 Å². The van der Waals surface area contributed by atoms with Gasteiger partial charge in [0, 0.05) is 59.9 Å². The van der Waals surface area contributed by atoms with E-state index in [0.717, 1.165) is 26.2 Å². The molecule has 3 aromatic carbocycles. The van der Waals surface area contributed by atoms with Crippen LogP contribution < -0.4 is 10.2 Å². The fraction of sp³-hybridized carbons (Fsp3) is 0.432. The Morgan fingerprint density at radius 1 is 0.775 bits per heavy atom. The molecule has 2 aliphatic rings. The molecule has 0 radical (unpaired) electrons. The highest BCUT2D eigenvalue weighted by molar-refractivity contribution is 6.01. The minimum atomic E-state index is 0.241.